The van der Waals surface area contributed by atoms with Crippen molar-refractivity contribution in [2.75, 3.05) is 13.1 Å². The van der Waals surface area contributed by atoms with Gasteiger partial charge in [-0.15, -0.1) is 0 Å². The zero-order valence-corrected chi connectivity index (χ0v) is 12.3. The molecule has 1 aromatic rings. The van der Waals surface area contributed by atoms with Gasteiger partial charge in [-0.1, -0.05) is 0 Å². The minimum atomic E-state index is -0.156. The van der Waals surface area contributed by atoms with Crippen LogP contribution in [0.4, 0.5) is 0 Å². The second-order valence-electron chi connectivity index (χ2n) is 5.68. The van der Waals surface area contributed by atoms with Gasteiger partial charge in [0.1, 0.15) is 5.69 Å². The van der Waals surface area contributed by atoms with Crippen LogP contribution in [0.25, 0.3) is 0 Å². The lowest BCUT2D eigenvalue weighted by atomic mass is 10.1. The van der Waals surface area contributed by atoms with Gasteiger partial charge in [0.05, 0.1) is 11.9 Å². The first kappa shape index (κ1) is 15.6. The Hall–Kier alpha value is -1.49. The molecule has 0 aliphatic rings. The van der Waals surface area contributed by atoms with Crippen molar-refractivity contribution >= 4 is 5.91 Å². The van der Waals surface area contributed by atoms with Crippen molar-refractivity contribution < 1.29 is 4.79 Å². The smallest absolute Gasteiger partial charge is 0.271 e. The Morgan fingerprint density at radius 1 is 1.16 bits per heavy atom. The first-order chi connectivity index (χ1) is 8.88. The molecule has 5 heteroatoms. The topological polar surface area (TPSA) is 66.9 Å². The fraction of sp³-hybridized carbons (Fsp3) is 0.643. The van der Waals surface area contributed by atoms with E-state index in [-0.39, 0.29) is 11.4 Å². The van der Waals surface area contributed by atoms with Gasteiger partial charge in [-0.3, -0.25) is 9.78 Å². The summed E-state index contributed by atoms with van der Waals surface area (Å²) in [6.07, 6.45) is 5.10. The van der Waals surface area contributed by atoms with Gasteiger partial charge in [0.2, 0.25) is 0 Å². The lowest BCUT2D eigenvalue weighted by Crippen LogP contribution is -2.36. The molecule has 0 unspecified atom stereocenters. The molecule has 1 rings (SSSR count). The third-order valence-corrected chi connectivity index (χ3v) is 2.56. The van der Waals surface area contributed by atoms with Crippen molar-refractivity contribution in [2.45, 2.75) is 46.1 Å². The number of nitrogens with zero attached hydrogens (tertiary/aromatic N) is 2. The summed E-state index contributed by atoms with van der Waals surface area (Å²) in [6.45, 7) is 9.90. The van der Waals surface area contributed by atoms with Crippen LogP contribution in [0.5, 0.6) is 0 Å². The molecule has 0 radical (unpaired) electrons. The summed E-state index contributed by atoms with van der Waals surface area (Å²) >= 11 is 0. The molecule has 19 heavy (non-hydrogen) atoms. The van der Waals surface area contributed by atoms with Crippen LogP contribution in [0.2, 0.25) is 0 Å². The number of aryl methyl sites for hydroxylation is 1. The van der Waals surface area contributed by atoms with Gasteiger partial charge in [-0.25, -0.2) is 4.98 Å². The number of hydrogen-bond acceptors (Lipinski definition) is 4. The molecule has 0 saturated heterocycles. The van der Waals surface area contributed by atoms with E-state index >= 15 is 0 Å². The minimum absolute atomic E-state index is 0.154. The predicted octanol–water partition coefficient (Wildman–Crippen LogP) is 1.68. The van der Waals surface area contributed by atoms with Gasteiger partial charge in [0.15, 0.2) is 0 Å². The summed E-state index contributed by atoms with van der Waals surface area (Å²) in [5.41, 5.74) is 1.34. The molecule has 106 valence electrons. The standard InChI is InChI=1S/C14H24N4O/c1-11-9-17-12(10-16-11)13(19)15-7-5-6-8-18-14(2,3)4/h9-10,18H,5-8H2,1-4H3,(H,15,19). The van der Waals surface area contributed by atoms with Crippen LogP contribution in [-0.2, 0) is 0 Å². The highest BCUT2D eigenvalue weighted by Gasteiger charge is 2.08. The Morgan fingerprint density at radius 3 is 2.42 bits per heavy atom. The van der Waals surface area contributed by atoms with E-state index in [2.05, 4.69) is 41.4 Å². The van der Waals surface area contributed by atoms with Gasteiger partial charge in [0, 0.05) is 18.3 Å². The summed E-state index contributed by atoms with van der Waals surface area (Å²) in [5.74, 6) is -0.156. The Balaban J connectivity index is 2.16. The second-order valence-corrected chi connectivity index (χ2v) is 5.68. The normalized spacial score (nSPS) is 11.4. The van der Waals surface area contributed by atoms with E-state index in [0.29, 0.717) is 12.2 Å². The Morgan fingerprint density at radius 2 is 1.84 bits per heavy atom. The molecule has 0 spiro atoms. The van der Waals surface area contributed by atoms with Crippen LogP contribution in [0.15, 0.2) is 12.4 Å². The highest BCUT2D eigenvalue weighted by molar-refractivity contribution is 5.91. The Bertz CT molecular complexity index is 395. The fourth-order valence-electron chi connectivity index (χ4n) is 1.52. The number of carbonyl (C=O) groups is 1. The van der Waals surface area contributed by atoms with Gasteiger partial charge in [0.25, 0.3) is 5.91 Å². The SMILES string of the molecule is Cc1cnc(C(=O)NCCCCNC(C)(C)C)cn1. The van der Waals surface area contributed by atoms with Crippen molar-refractivity contribution in [1.82, 2.24) is 20.6 Å². The zero-order chi connectivity index (χ0) is 14.3. The lowest BCUT2D eigenvalue weighted by Gasteiger charge is -2.20. The van der Waals surface area contributed by atoms with Gasteiger partial charge in [-0.2, -0.15) is 0 Å². The lowest BCUT2D eigenvalue weighted by molar-refractivity contribution is 0.0947. The van der Waals surface area contributed by atoms with E-state index in [1.807, 2.05) is 6.92 Å². The van der Waals surface area contributed by atoms with Crippen molar-refractivity contribution in [1.29, 1.82) is 0 Å². The number of rotatable bonds is 6. The van der Waals surface area contributed by atoms with E-state index in [1.165, 1.54) is 6.20 Å². The number of aromatic nitrogens is 2. The molecule has 0 fully saturated rings. The van der Waals surface area contributed by atoms with Gasteiger partial charge >= 0.3 is 0 Å². The van der Waals surface area contributed by atoms with E-state index in [9.17, 15) is 4.79 Å². The molecule has 1 amide bonds. The molecule has 0 aromatic carbocycles. The quantitative estimate of drug-likeness (QED) is 0.767. The predicted molar refractivity (Wildman–Crippen MR) is 76.1 cm³/mol. The Kier molecular flexibility index (Phi) is 5.89. The number of carbonyl (C=O) groups excluding carboxylic acids is 1. The van der Waals surface area contributed by atoms with E-state index in [0.717, 1.165) is 25.1 Å². The van der Waals surface area contributed by atoms with E-state index < -0.39 is 0 Å². The third kappa shape index (κ3) is 6.86. The van der Waals surface area contributed by atoms with Gasteiger partial charge < -0.3 is 10.6 Å². The number of nitrogens with one attached hydrogen (secondary N) is 2. The fourth-order valence-corrected chi connectivity index (χ4v) is 1.52. The largest absolute Gasteiger partial charge is 0.351 e. The van der Waals surface area contributed by atoms with Gasteiger partial charge in [-0.05, 0) is 47.1 Å². The van der Waals surface area contributed by atoms with Crippen LogP contribution < -0.4 is 10.6 Å². The van der Waals surface area contributed by atoms with Crippen LogP contribution in [-0.4, -0.2) is 34.5 Å². The maximum absolute atomic E-state index is 11.7. The molecule has 1 heterocycles. The Labute approximate surface area is 115 Å². The molecule has 5 nitrogen and oxygen atoms in total. The number of amides is 1. The van der Waals surface area contributed by atoms with E-state index in [4.69, 9.17) is 0 Å². The van der Waals surface area contributed by atoms with Crippen LogP contribution in [0.3, 0.4) is 0 Å². The van der Waals surface area contributed by atoms with Crippen molar-refractivity contribution in [3.8, 4) is 0 Å². The average Bonchev–Trinajstić information content (AvgIpc) is 2.33. The van der Waals surface area contributed by atoms with Crippen molar-refractivity contribution in [3.05, 3.63) is 23.8 Å². The molecular formula is C14H24N4O. The van der Waals surface area contributed by atoms with E-state index in [1.54, 1.807) is 6.20 Å². The molecule has 0 saturated carbocycles. The summed E-state index contributed by atoms with van der Waals surface area (Å²) < 4.78 is 0. The monoisotopic (exact) mass is 264 g/mol. The third-order valence-electron chi connectivity index (χ3n) is 2.56. The molecule has 0 atom stereocenters. The molecule has 0 bridgehead atoms. The highest BCUT2D eigenvalue weighted by atomic mass is 16.1. The van der Waals surface area contributed by atoms with Crippen LogP contribution in [0.1, 0.15) is 49.8 Å². The maximum atomic E-state index is 11.7. The second kappa shape index (κ2) is 7.19. The highest BCUT2D eigenvalue weighted by Crippen LogP contribution is 1.99. The summed E-state index contributed by atoms with van der Waals surface area (Å²) in [7, 11) is 0. The summed E-state index contributed by atoms with van der Waals surface area (Å²) in [5, 5.41) is 6.26. The van der Waals surface area contributed by atoms with Crippen LogP contribution >= 0.6 is 0 Å². The minimum Gasteiger partial charge on any atom is -0.351 e. The summed E-state index contributed by atoms with van der Waals surface area (Å²) in [6, 6.07) is 0. The zero-order valence-electron chi connectivity index (χ0n) is 12.3. The summed E-state index contributed by atoms with van der Waals surface area (Å²) in [4.78, 5) is 19.8. The maximum Gasteiger partial charge on any atom is 0.271 e. The first-order valence-electron chi connectivity index (χ1n) is 6.70. The average molecular weight is 264 g/mol. The first-order valence-corrected chi connectivity index (χ1v) is 6.70. The number of hydrogen-bond donors (Lipinski definition) is 2. The molecule has 0 aliphatic carbocycles. The molecular weight excluding hydrogens is 240 g/mol. The molecule has 1 aromatic heterocycles. The van der Waals surface area contributed by atoms with Crippen LogP contribution in [0, 0.1) is 6.92 Å². The molecule has 2 N–H and O–H groups in total. The number of unbranched alkanes of at least 4 members (excludes halogenated alkanes) is 1. The van der Waals surface area contributed by atoms with Crippen molar-refractivity contribution in [3.63, 3.8) is 0 Å². The molecule has 0 aliphatic heterocycles. The van der Waals surface area contributed by atoms with Crippen molar-refractivity contribution in [2.24, 2.45) is 0 Å².